The highest BCUT2D eigenvalue weighted by atomic mass is 35.5. The van der Waals surface area contributed by atoms with Crippen LogP contribution in [0.4, 0.5) is 0 Å². The number of esters is 2. The molecule has 0 radical (unpaired) electrons. The Morgan fingerprint density at radius 2 is 1.74 bits per heavy atom. The van der Waals surface area contributed by atoms with Gasteiger partial charge in [-0.1, -0.05) is 47.5 Å². The van der Waals surface area contributed by atoms with Crippen molar-refractivity contribution in [3.63, 3.8) is 0 Å². The number of halogens is 2. The molecule has 9 heteroatoms. The van der Waals surface area contributed by atoms with E-state index in [-0.39, 0.29) is 29.4 Å². The highest BCUT2D eigenvalue weighted by Gasteiger charge is 2.50. The van der Waals surface area contributed by atoms with E-state index in [0.717, 1.165) is 0 Å². The lowest BCUT2D eigenvalue weighted by molar-refractivity contribution is -0.152. The molecule has 0 amide bonds. The maximum absolute atomic E-state index is 14.4. The molecule has 2 aromatic rings. The average Bonchev–Trinajstić information content (AvgIpc) is 2.88. The molecule has 2 aromatic carbocycles. The van der Waals surface area contributed by atoms with Crippen LogP contribution in [0.3, 0.4) is 0 Å². The molecule has 0 spiro atoms. The lowest BCUT2D eigenvalue weighted by Gasteiger charge is -2.39. The topological polar surface area (TPSA) is 90.9 Å². The van der Waals surface area contributed by atoms with Crippen molar-refractivity contribution in [2.45, 2.75) is 39.0 Å². The number of ketones is 1. The van der Waals surface area contributed by atoms with E-state index in [4.69, 9.17) is 37.4 Å². The van der Waals surface area contributed by atoms with Gasteiger partial charge < -0.3 is 19.5 Å². The number of hydrogen-bond acceptors (Lipinski definition) is 7. The Morgan fingerprint density at radius 1 is 1.03 bits per heavy atom. The first kappa shape index (κ1) is 27.7. The van der Waals surface area contributed by atoms with Crippen molar-refractivity contribution in [2.24, 2.45) is 5.92 Å². The number of methoxy groups -OCH3 is 1. The molecule has 2 aliphatic rings. The molecule has 200 valence electrons. The number of hydrogen-bond donors (Lipinski definition) is 1. The molecule has 4 rings (SSSR count). The first-order valence-electron chi connectivity index (χ1n) is 12.4. The average molecular weight is 558 g/mol. The molecular formula is C29H29Cl2NO6. The molecule has 0 aromatic heterocycles. The quantitative estimate of drug-likeness (QED) is 0.344. The lowest BCUT2D eigenvalue weighted by atomic mass is 9.67. The highest BCUT2D eigenvalue weighted by molar-refractivity contribution is 6.35. The van der Waals surface area contributed by atoms with Gasteiger partial charge in [0.15, 0.2) is 5.78 Å². The summed E-state index contributed by atoms with van der Waals surface area (Å²) < 4.78 is 16.3. The molecule has 1 heterocycles. The van der Waals surface area contributed by atoms with E-state index in [2.05, 4.69) is 5.32 Å². The van der Waals surface area contributed by atoms with Gasteiger partial charge >= 0.3 is 11.9 Å². The Balaban J connectivity index is 1.95. The van der Waals surface area contributed by atoms with E-state index in [1.807, 2.05) is 18.2 Å². The van der Waals surface area contributed by atoms with Gasteiger partial charge in [0, 0.05) is 38.8 Å². The molecule has 0 unspecified atom stereocenters. The number of benzene rings is 2. The second-order valence-electron chi connectivity index (χ2n) is 9.02. The fourth-order valence-electron chi connectivity index (χ4n) is 5.33. The summed E-state index contributed by atoms with van der Waals surface area (Å²) in [7, 11) is 1.55. The van der Waals surface area contributed by atoms with Crippen molar-refractivity contribution in [3.05, 3.63) is 86.2 Å². The molecule has 0 fully saturated rings. The summed E-state index contributed by atoms with van der Waals surface area (Å²) in [5.74, 6) is -3.66. The second-order valence-corrected chi connectivity index (χ2v) is 9.87. The first-order valence-corrected chi connectivity index (χ1v) is 13.2. The Hall–Kier alpha value is -3.29. The number of ether oxygens (including phenoxy) is 3. The maximum atomic E-state index is 14.4. The van der Waals surface area contributed by atoms with Crippen LogP contribution in [-0.2, 0) is 23.9 Å². The van der Waals surface area contributed by atoms with Crippen molar-refractivity contribution < 1.29 is 28.6 Å². The Morgan fingerprint density at radius 3 is 2.39 bits per heavy atom. The van der Waals surface area contributed by atoms with Crippen LogP contribution < -0.4 is 10.1 Å². The fourth-order valence-corrected chi connectivity index (χ4v) is 5.85. The van der Waals surface area contributed by atoms with Crippen LogP contribution >= 0.6 is 23.2 Å². The summed E-state index contributed by atoms with van der Waals surface area (Å²) in [5, 5.41) is 3.98. The Kier molecular flexibility index (Phi) is 8.48. The maximum Gasteiger partial charge on any atom is 0.336 e. The van der Waals surface area contributed by atoms with E-state index < -0.39 is 35.5 Å². The largest absolute Gasteiger partial charge is 0.496 e. The zero-order chi connectivity index (χ0) is 27.6. The predicted octanol–water partition coefficient (Wildman–Crippen LogP) is 5.72. The third-order valence-electron chi connectivity index (χ3n) is 6.87. The zero-order valence-electron chi connectivity index (χ0n) is 21.6. The minimum Gasteiger partial charge on any atom is -0.496 e. The molecular weight excluding hydrogens is 529 g/mol. The molecule has 1 aliphatic heterocycles. The van der Waals surface area contributed by atoms with Crippen LogP contribution in [0.5, 0.6) is 5.75 Å². The van der Waals surface area contributed by atoms with Crippen LogP contribution in [0.2, 0.25) is 10.0 Å². The van der Waals surface area contributed by atoms with Crippen LogP contribution in [0, 0.1) is 5.92 Å². The normalized spacial score (nSPS) is 21.0. The van der Waals surface area contributed by atoms with Gasteiger partial charge in [-0.3, -0.25) is 9.59 Å². The number of Topliss-reactive ketones (excluding diaryl/α,β-unsaturated/α-hetero) is 1. The van der Waals surface area contributed by atoms with Gasteiger partial charge in [0.1, 0.15) is 11.7 Å². The molecule has 7 nitrogen and oxygen atoms in total. The summed E-state index contributed by atoms with van der Waals surface area (Å²) in [6, 6.07) is 12.2. The van der Waals surface area contributed by atoms with Gasteiger partial charge in [-0.15, -0.1) is 0 Å². The standard InChI is InChI=1S/C29H29Cl2NO6/c1-5-37-28(34)23-15(3)32-21-14-19(17-9-7-8-10-22(17)36-4)25(29(35)38-6-2)27(33)26(21)24(23)18-12-11-16(30)13-20(18)31/h7-13,19,24-25,32H,5-6,14H2,1-4H3/t19-,24+,25+/m0/s1. The van der Waals surface area contributed by atoms with Crippen molar-refractivity contribution >= 4 is 40.9 Å². The number of allylic oxidation sites excluding steroid dienone is 3. The van der Waals surface area contributed by atoms with E-state index in [1.54, 1.807) is 52.1 Å². The minimum absolute atomic E-state index is 0.116. The SMILES string of the molecule is CCOC(=O)C1=C(C)NC2=C(C(=O)[C@H](C(=O)OCC)[C@H](c3ccccc3OC)C2)[C@@H]1c1ccc(Cl)cc1Cl. The highest BCUT2D eigenvalue weighted by Crippen LogP contribution is 2.50. The Bertz CT molecular complexity index is 1350. The van der Waals surface area contributed by atoms with Gasteiger partial charge in [0.2, 0.25) is 0 Å². The number of carbonyl (C=O) groups excluding carboxylic acids is 3. The third-order valence-corrected chi connectivity index (χ3v) is 7.43. The van der Waals surface area contributed by atoms with Gasteiger partial charge in [-0.2, -0.15) is 0 Å². The summed E-state index contributed by atoms with van der Waals surface area (Å²) in [6.07, 6.45) is 0.306. The first-order chi connectivity index (χ1) is 18.2. The van der Waals surface area contributed by atoms with E-state index in [9.17, 15) is 14.4 Å². The van der Waals surface area contributed by atoms with Gasteiger partial charge in [-0.05, 0) is 56.5 Å². The monoisotopic (exact) mass is 557 g/mol. The van der Waals surface area contributed by atoms with Crippen molar-refractivity contribution in [3.8, 4) is 5.75 Å². The molecule has 1 N–H and O–H groups in total. The fraction of sp³-hybridized carbons (Fsp3) is 0.345. The van der Waals surface area contributed by atoms with Crippen LogP contribution in [0.15, 0.2) is 65.0 Å². The van der Waals surface area contributed by atoms with Crippen molar-refractivity contribution in [1.82, 2.24) is 5.32 Å². The third kappa shape index (κ3) is 5.05. The predicted molar refractivity (Wildman–Crippen MR) is 144 cm³/mol. The summed E-state index contributed by atoms with van der Waals surface area (Å²) in [6.45, 7) is 5.42. The number of rotatable bonds is 7. The van der Waals surface area contributed by atoms with Crippen molar-refractivity contribution in [1.29, 1.82) is 0 Å². The van der Waals surface area contributed by atoms with Gasteiger partial charge in [0.05, 0.1) is 25.9 Å². The molecule has 1 aliphatic carbocycles. The number of dihydropyridines is 1. The summed E-state index contributed by atoms with van der Waals surface area (Å²) >= 11 is 12.8. The van der Waals surface area contributed by atoms with Crippen molar-refractivity contribution in [2.75, 3.05) is 20.3 Å². The van der Waals surface area contributed by atoms with Gasteiger partial charge in [-0.25, -0.2) is 4.79 Å². The molecule has 0 saturated carbocycles. The molecule has 3 atom stereocenters. The van der Waals surface area contributed by atoms with Crippen LogP contribution in [-0.4, -0.2) is 38.0 Å². The number of nitrogens with one attached hydrogen (secondary N) is 1. The van der Waals surface area contributed by atoms with E-state index in [1.165, 1.54) is 0 Å². The number of carbonyl (C=O) groups is 3. The van der Waals surface area contributed by atoms with Crippen LogP contribution in [0.25, 0.3) is 0 Å². The van der Waals surface area contributed by atoms with Crippen LogP contribution in [0.1, 0.15) is 50.2 Å². The molecule has 0 bridgehead atoms. The Labute approximate surface area is 231 Å². The lowest BCUT2D eigenvalue weighted by Crippen LogP contribution is -2.43. The summed E-state index contributed by atoms with van der Waals surface area (Å²) in [5.41, 5.74) is 2.91. The zero-order valence-corrected chi connectivity index (χ0v) is 23.1. The number of para-hydroxylation sites is 1. The van der Waals surface area contributed by atoms with E-state index >= 15 is 0 Å². The smallest absolute Gasteiger partial charge is 0.336 e. The second kappa shape index (κ2) is 11.6. The summed E-state index contributed by atoms with van der Waals surface area (Å²) in [4.78, 5) is 40.9. The minimum atomic E-state index is -1.15. The molecule has 0 saturated heterocycles. The van der Waals surface area contributed by atoms with E-state index in [0.29, 0.717) is 39.7 Å². The molecule has 38 heavy (non-hydrogen) atoms. The van der Waals surface area contributed by atoms with Gasteiger partial charge in [0.25, 0.3) is 0 Å².